The molecule has 17 heteroatoms. The number of thioether (sulfide) groups is 1. The largest absolute Gasteiger partial charge is 2.00 e. The van der Waals surface area contributed by atoms with Crippen molar-refractivity contribution in [2.75, 3.05) is 22.7 Å². The van der Waals surface area contributed by atoms with Crippen molar-refractivity contribution in [3.05, 3.63) is 139 Å². The van der Waals surface area contributed by atoms with Crippen molar-refractivity contribution in [2.24, 2.45) is 0 Å². The van der Waals surface area contributed by atoms with Crippen LogP contribution in [0.15, 0.2) is 121 Å². The molecule has 5 aromatic rings. The van der Waals surface area contributed by atoms with Crippen LogP contribution in [0, 0.1) is 10.2 Å². The van der Waals surface area contributed by atoms with Gasteiger partial charge in [-0.25, -0.2) is 18.6 Å². The molecule has 0 N–H and O–H groups in total. The summed E-state index contributed by atoms with van der Waals surface area (Å²) in [6.07, 6.45) is 3.56. The number of carbonyl (C=O) groups is 1. The molecule has 0 radical (unpaired) electrons. The average Bonchev–Trinajstić information content (AvgIpc) is 3.10. The Morgan fingerprint density at radius 3 is 1.33 bits per heavy atom. The quantitative estimate of drug-likeness (QED) is 0.148. The number of rotatable bonds is 10. The van der Waals surface area contributed by atoms with Gasteiger partial charge in [0.25, 0.3) is 0 Å². The van der Waals surface area contributed by atoms with Crippen molar-refractivity contribution in [3.63, 3.8) is 0 Å². The van der Waals surface area contributed by atoms with Gasteiger partial charge in [-0.15, -0.1) is 56.6 Å². The van der Waals surface area contributed by atoms with Crippen LogP contribution in [-0.2, 0) is 40.9 Å². The summed E-state index contributed by atoms with van der Waals surface area (Å²) < 4.78 is 34.0. The number of halogens is 5. The third-order valence-electron chi connectivity index (χ3n) is 5.90. The predicted octanol–water partition coefficient (Wildman–Crippen LogP) is 3.59. The second-order valence-corrected chi connectivity index (χ2v) is 12.8. The minimum atomic E-state index is -4.94. The SMILES string of the molecule is CSCC(=O)[O-].ClCCl.ClCCl.[Ni+2].[O-][Cl+3]([O-])([O-])[O-].c1ccc(-c2cccc(CN(Cc3ccccn3)Cc3cccc(-c4ccccc4)n3)n2)cc1. The van der Waals surface area contributed by atoms with E-state index in [1.54, 1.807) is 6.26 Å². The fraction of sp³-hybridized carbons (Fsp3) is 0.200. The number of carboxylic acids is 1. The normalized spacial score (nSPS) is 9.96. The maximum atomic E-state index is 9.47. The zero-order valence-corrected chi connectivity index (χ0v) is 33.2. The topological polar surface area (TPSA) is 174 Å². The molecule has 0 fully saturated rings. The van der Waals surface area contributed by atoms with Crippen LogP contribution >= 0.6 is 58.2 Å². The summed E-state index contributed by atoms with van der Waals surface area (Å²) in [6.45, 7) is 2.12. The van der Waals surface area contributed by atoms with Crippen LogP contribution < -0.4 is 23.7 Å². The number of hydrogen-bond donors (Lipinski definition) is 0. The second-order valence-electron chi connectivity index (χ2n) is 9.61. The third kappa shape index (κ3) is 24.6. The summed E-state index contributed by atoms with van der Waals surface area (Å²) >= 11 is 20.3. The number of carboxylic acid groups (broad SMARTS) is 1. The van der Waals surface area contributed by atoms with E-state index in [1.165, 1.54) is 11.8 Å². The predicted molar refractivity (Wildman–Crippen MR) is 193 cm³/mol. The number of aliphatic carboxylic acids is 1. The van der Waals surface area contributed by atoms with Gasteiger partial charge in [0.2, 0.25) is 0 Å². The Morgan fingerprint density at radius 2 is 1.00 bits per heavy atom. The molecule has 52 heavy (non-hydrogen) atoms. The molecule has 0 bridgehead atoms. The summed E-state index contributed by atoms with van der Waals surface area (Å²) in [5.41, 5.74) is 7.30. The Bertz CT molecular complexity index is 1540. The Labute approximate surface area is 340 Å². The molecule has 5 rings (SSSR count). The monoisotopic (exact) mass is 872 g/mol. The van der Waals surface area contributed by atoms with E-state index in [9.17, 15) is 9.90 Å². The number of hydrogen-bond acceptors (Lipinski definition) is 11. The van der Waals surface area contributed by atoms with Crippen molar-refractivity contribution in [3.8, 4) is 22.5 Å². The zero-order valence-electron chi connectivity index (χ0n) is 27.6. The fourth-order valence-corrected chi connectivity index (χ4v) is 4.37. The van der Waals surface area contributed by atoms with Gasteiger partial charge < -0.3 is 9.90 Å². The molecule has 0 spiro atoms. The molecule has 282 valence electrons. The number of pyridine rings is 3. The number of alkyl halides is 4. The molecule has 0 saturated carbocycles. The van der Waals surface area contributed by atoms with Crippen molar-refractivity contribution in [2.45, 2.75) is 19.6 Å². The molecule has 3 aromatic heterocycles. The first-order valence-electron chi connectivity index (χ1n) is 14.6. The van der Waals surface area contributed by atoms with Crippen LogP contribution in [0.1, 0.15) is 17.1 Å². The smallest absolute Gasteiger partial charge is 0.549 e. The summed E-state index contributed by atoms with van der Waals surface area (Å²) in [5.74, 6) is -0.900. The first kappa shape index (κ1) is 49.5. The molecule has 10 nitrogen and oxygen atoms in total. The standard InChI is InChI=1S/C30H26N4.C3H6O2S.2CH2Cl2.ClHO4.Ni/c1-3-11-24(12-4-1)29-18-9-16-27(32-29)22-34(21-26-15-7-8-20-31-26)23-28-17-10-19-30(33-28)25-13-5-2-6-14-25;1-6-2-3(4)5;2*2-1-3;2-1(3,4)5;/h1-20H,21-23H2;2H2,1H3,(H,4,5);2*1H2;(H,2,3,4,5);/q;;;;;+2/p-2. The molecule has 0 atom stereocenters. The van der Waals surface area contributed by atoms with Crippen LogP contribution in [0.4, 0.5) is 0 Å². The van der Waals surface area contributed by atoms with Crippen molar-refractivity contribution in [1.29, 1.82) is 0 Å². The molecular weight excluding hydrogens is 840 g/mol. The van der Waals surface area contributed by atoms with Gasteiger partial charge in [-0.2, -0.15) is 11.8 Å². The van der Waals surface area contributed by atoms with Gasteiger partial charge in [-0.1, -0.05) is 78.9 Å². The van der Waals surface area contributed by atoms with E-state index in [1.807, 2.05) is 54.7 Å². The number of carbonyl (C=O) groups excluding carboxylic acids is 1. The molecule has 0 unspecified atom stereocenters. The molecule has 0 saturated heterocycles. The van der Waals surface area contributed by atoms with Crippen LogP contribution in [0.3, 0.4) is 0 Å². The first-order chi connectivity index (χ1) is 24.4. The van der Waals surface area contributed by atoms with Gasteiger partial charge in [0, 0.05) is 42.7 Å². The molecule has 0 amide bonds. The van der Waals surface area contributed by atoms with Gasteiger partial charge in [-0.3, -0.25) is 19.9 Å². The molecule has 3 heterocycles. The van der Waals surface area contributed by atoms with E-state index in [0.717, 1.165) is 46.1 Å². The number of nitrogens with zero attached hydrogens (tertiary/aromatic N) is 4. The van der Waals surface area contributed by atoms with Crippen LogP contribution in [-0.4, -0.2) is 48.5 Å². The van der Waals surface area contributed by atoms with Crippen LogP contribution in [0.5, 0.6) is 0 Å². The van der Waals surface area contributed by atoms with E-state index in [2.05, 4.69) is 76.6 Å². The van der Waals surface area contributed by atoms with E-state index in [4.69, 9.17) is 75.0 Å². The van der Waals surface area contributed by atoms with Gasteiger partial charge in [-0.05, 0) is 42.7 Å². The minimum absolute atomic E-state index is 0. The summed E-state index contributed by atoms with van der Waals surface area (Å²) in [4.78, 5) is 26.3. The average molecular weight is 876 g/mol. The summed E-state index contributed by atoms with van der Waals surface area (Å²) in [6, 6.07) is 39.1. The van der Waals surface area contributed by atoms with Crippen molar-refractivity contribution < 1.29 is 55.3 Å². The summed E-state index contributed by atoms with van der Waals surface area (Å²) in [5, 5.41) is 9.86. The van der Waals surface area contributed by atoms with E-state index >= 15 is 0 Å². The van der Waals surface area contributed by atoms with Crippen molar-refractivity contribution in [1.82, 2.24) is 19.9 Å². The third-order valence-corrected chi connectivity index (χ3v) is 6.42. The first-order valence-corrected chi connectivity index (χ1v) is 19.4. The van der Waals surface area contributed by atoms with E-state index in [0.29, 0.717) is 13.1 Å². The number of aromatic nitrogens is 3. The second kappa shape index (κ2) is 29.9. The molecule has 0 aliphatic rings. The Kier molecular flexibility index (Phi) is 28.4. The van der Waals surface area contributed by atoms with Gasteiger partial charge in [0.15, 0.2) is 0 Å². The van der Waals surface area contributed by atoms with Crippen molar-refractivity contribution >= 4 is 64.1 Å². The number of benzene rings is 2. The Hall–Kier alpha value is -2.55. The minimum Gasteiger partial charge on any atom is -0.549 e. The zero-order chi connectivity index (χ0) is 37.9. The molecule has 0 aliphatic carbocycles. The van der Waals surface area contributed by atoms with Gasteiger partial charge >= 0.3 is 16.5 Å². The van der Waals surface area contributed by atoms with E-state index < -0.39 is 16.2 Å². The van der Waals surface area contributed by atoms with Crippen LogP contribution in [0.2, 0.25) is 0 Å². The maximum absolute atomic E-state index is 9.47. The van der Waals surface area contributed by atoms with Crippen LogP contribution in [0.25, 0.3) is 22.5 Å². The Morgan fingerprint density at radius 1 is 0.635 bits per heavy atom. The van der Waals surface area contributed by atoms with Gasteiger partial charge in [0.05, 0.1) is 45.1 Å². The summed E-state index contributed by atoms with van der Waals surface area (Å²) in [7, 11) is -4.94. The fourth-order valence-electron chi connectivity index (χ4n) is 4.14. The maximum Gasteiger partial charge on any atom is 2.00 e. The van der Waals surface area contributed by atoms with E-state index in [-0.39, 0.29) is 32.9 Å². The van der Waals surface area contributed by atoms with Gasteiger partial charge in [0.1, 0.15) is 0 Å². The molecule has 0 aliphatic heterocycles. The molecular formula is C35H35Cl5N4NiO6S. The molecule has 2 aromatic carbocycles. The Balaban J connectivity index is 0.00000122.